The first-order chi connectivity index (χ1) is 7.59. The van der Waals surface area contributed by atoms with Crippen LogP contribution in [0.5, 0.6) is 0 Å². The summed E-state index contributed by atoms with van der Waals surface area (Å²) in [6.45, 7) is 0. The Balaban J connectivity index is 2.61. The molecule has 0 fully saturated rings. The summed E-state index contributed by atoms with van der Waals surface area (Å²) < 4.78 is 26.9. The van der Waals surface area contributed by atoms with Gasteiger partial charge in [0, 0.05) is 23.4 Å². The molecule has 2 aromatic rings. The number of hydrogen-bond acceptors (Lipinski definition) is 1. The maximum absolute atomic E-state index is 13.6. The Hall–Kier alpha value is -1.49. The molecule has 0 amide bonds. The maximum atomic E-state index is 13.6. The number of rotatable bonds is 1. The van der Waals surface area contributed by atoms with Crippen LogP contribution in [0, 0.1) is 11.6 Å². The van der Waals surface area contributed by atoms with Crippen LogP contribution < -0.4 is 5.56 Å². The van der Waals surface area contributed by atoms with Gasteiger partial charge >= 0.3 is 0 Å². The van der Waals surface area contributed by atoms with Crippen molar-refractivity contribution in [3.05, 3.63) is 56.9 Å². The van der Waals surface area contributed by atoms with Crippen molar-refractivity contribution in [3.63, 3.8) is 0 Å². The summed E-state index contributed by atoms with van der Waals surface area (Å²) in [4.78, 5) is 13.2. The summed E-state index contributed by atoms with van der Waals surface area (Å²) >= 11 is 2.89. The van der Waals surface area contributed by atoms with Crippen molar-refractivity contribution < 1.29 is 8.78 Å². The molecular weight excluding hydrogens is 280 g/mol. The zero-order valence-corrected chi connectivity index (χ0v) is 9.51. The number of nitrogens with one attached hydrogen (secondary N) is 1. The topological polar surface area (TPSA) is 32.9 Å². The highest BCUT2D eigenvalue weighted by molar-refractivity contribution is 9.10. The lowest BCUT2D eigenvalue weighted by atomic mass is 10.1. The number of H-pyrrole nitrogens is 1. The summed E-state index contributed by atoms with van der Waals surface area (Å²) in [5, 5.41) is 0. The number of aromatic amines is 1. The van der Waals surface area contributed by atoms with E-state index in [4.69, 9.17) is 0 Å². The molecule has 0 radical (unpaired) electrons. The molecule has 0 aliphatic rings. The third kappa shape index (κ3) is 1.90. The van der Waals surface area contributed by atoms with Gasteiger partial charge < -0.3 is 4.98 Å². The maximum Gasteiger partial charge on any atom is 0.247 e. The van der Waals surface area contributed by atoms with Gasteiger partial charge in [-0.25, -0.2) is 8.78 Å². The van der Waals surface area contributed by atoms with Gasteiger partial charge in [-0.2, -0.15) is 0 Å². The third-order valence-electron chi connectivity index (χ3n) is 2.13. The molecule has 1 aromatic heterocycles. The third-order valence-corrected chi connectivity index (χ3v) is 2.74. The second-order valence-corrected chi connectivity index (χ2v) is 4.02. The van der Waals surface area contributed by atoms with Gasteiger partial charge in [0.25, 0.3) is 0 Å². The van der Waals surface area contributed by atoms with Gasteiger partial charge in [-0.3, -0.25) is 4.79 Å². The van der Waals surface area contributed by atoms with Crippen molar-refractivity contribution in [2.45, 2.75) is 0 Å². The van der Waals surface area contributed by atoms with E-state index in [2.05, 4.69) is 20.9 Å². The molecule has 0 unspecified atom stereocenters. The van der Waals surface area contributed by atoms with E-state index in [0.717, 1.165) is 0 Å². The van der Waals surface area contributed by atoms with Crippen LogP contribution >= 0.6 is 15.9 Å². The highest BCUT2D eigenvalue weighted by Gasteiger charge is 2.12. The highest BCUT2D eigenvalue weighted by atomic mass is 79.9. The van der Waals surface area contributed by atoms with Crippen molar-refractivity contribution in [2.75, 3.05) is 0 Å². The molecule has 0 atom stereocenters. The molecule has 82 valence electrons. The number of halogens is 3. The molecule has 0 aliphatic carbocycles. The lowest BCUT2D eigenvalue weighted by molar-refractivity contribution is 0.507. The Morgan fingerprint density at radius 2 is 1.81 bits per heavy atom. The van der Waals surface area contributed by atoms with Crippen LogP contribution in [0.1, 0.15) is 0 Å². The predicted molar refractivity (Wildman–Crippen MR) is 60.1 cm³/mol. The minimum absolute atomic E-state index is 0.0678. The van der Waals surface area contributed by atoms with Crippen molar-refractivity contribution in [1.29, 1.82) is 0 Å². The Morgan fingerprint density at radius 3 is 2.44 bits per heavy atom. The van der Waals surface area contributed by atoms with Crippen molar-refractivity contribution in [1.82, 2.24) is 4.98 Å². The van der Waals surface area contributed by atoms with Gasteiger partial charge in [0.15, 0.2) is 11.6 Å². The Kier molecular flexibility index (Phi) is 2.87. The summed E-state index contributed by atoms with van der Waals surface area (Å²) in [6, 6.07) is 5.55. The lowest BCUT2D eigenvalue weighted by Gasteiger charge is -2.04. The molecule has 1 aromatic carbocycles. The Labute approximate surface area is 98.1 Å². The molecule has 0 saturated heterocycles. The summed E-state index contributed by atoms with van der Waals surface area (Å²) in [6.07, 6.45) is 1.34. The Morgan fingerprint density at radius 1 is 1.06 bits per heavy atom. The minimum Gasteiger partial charge on any atom is -0.328 e. The molecular formula is C11H6BrF2NO. The van der Waals surface area contributed by atoms with Crippen LogP contribution in [-0.4, -0.2) is 4.98 Å². The van der Waals surface area contributed by atoms with Gasteiger partial charge in [0.2, 0.25) is 5.56 Å². The molecule has 1 N–H and O–H groups in total. The van der Waals surface area contributed by atoms with E-state index >= 15 is 0 Å². The van der Waals surface area contributed by atoms with Gasteiger partial charge in [0.1, 0.15) is 0 Å². The van der Waals surface area contributed by atoms with Crippen LogP contribution in [-0.2, 0) is 0 Å². The molecule has 0 spiro atoms. The highest BCUT2D eigenvalue weighted by Crippen LogP contribution is 2.27. The smallest absolute Gasteiger partial charge is 0.247 e. The fraction of sp³-hybridized carbons (Fsp3) is 0. The first-order valence-corrected chi connectivity index (χ1v) is 5.21. The summed E-state index contributed by atoms with van der Waals surface area (Å²) in [5.41, 5.74) is 0.238. The van der Waals surface area contributed by atoms with Crippen molar-refractivity contribution in [2.24, 2.45) is 0 Å². The molecule has 1 heterocycles. The van der Waals surface area contributed by atoms with E-state index in [1.807, 2.05) is 0 Å². The number of aromatic nitrogens is 1. The summed E-state index contributed by atoms with van der Waals surface area (Å²) in [5.74, 6) is -1.88. The fourth-order valence-electron chi connectivity index (χ4n) is 1.33. The average molecular weight is 286 g/mol. The minimum atomic E-state index is -0.943. The Bertz CT molecular complexity index is 575. The van der Waals surface area contributed by atoms with Crippen molar-refractivity contribution >= 4 is 15.9 Å². The quantitative estimate of drug-likeness (QED) is 0.803. The normalized spacial score (nSPS) is 10.4. The zero-order valence-electron chi connectivity index (χ0n) is 7.93. The van der Waals surface area contributed by atoms with E-state index < -0.39 is 11.6 Å². The van der Waals surface area contributed by atoms with Crippen molar-refractivity contribution in [3.8, 4) is 11.1 Å². The second kappa shape index (κ2) is 4.17. The van der Waals surface area contributed by atoms with E-state index in [1.165, 1.54) is 30.5 Å². The molecule has 0 bridgehead atoms. The van der Waals surface area contributed by atoms with Crippen LogP contribution in [0.25, 0.3) is 11.1 Å². The number of pyridine rings is 1. The molecule has 2 nitrogen and oxygen atoms in total. The first-order valence-electron chi connectivity index (χ1n) is 4.42. The molecule has 5 heteroatoms. The number of hydrogen-bond donors (Lipinski definition) is 1. The van der Waals surface area contributed by atoms with Gasteiger partial charge in [-0.15, -0.1) is 0 Å². The van der Waals surface area contributed by atoms with E-state index in [1.54, 1.807) is 0 Å². The van der Waals surface area contributed by atoms with Crippen LogP contribution in [0.2, 0.25) is 0 Å². The first kappa shape index (κ1) is 11.0. The van der Waals surface area contributed by atoms with E-state index in [9.17, 15) is 13.6 Å². The molecule has 0 saturated carbocycles. The van der Waals surface area contributed by atoms with Crippen LogP contribution in [0.4, 0.5) is 8.78 Å². The van der Waals surface area contributed by atoms with E-state index in [0.29, 0.717) is 5.56 Å². The van der Waals surface area contributed by atoms with Gasteiger partial charge in [0.05, 0.1) is 4.47 Å². The average Bonchev–Trinajstić information content (AvgIpc) is 2.28. The molecule has 16 heavy (non-hydrogen) atoms. The second-order valence-electron chi connectivity index (χ2n) is 3.16. The van der Waals surface area contributed by atoms with Gasteiger partial charge in [-0.05, 0) is 28.1 Å². The fourth-order valence-corrected chi connectivity index (χ4v) is 1.63. The standard InChI is InChI=1S/C11H6BrF2NO/c12-8-3-2-7(10(13)11(8)14)6-1-4-9(16)15-5-6/h1-5H,(H,15,16). The van der Waals surface area contributed by atoms with E-state index in [-0.39, 0.29) is 15.6 Å². The predicted octanol–water partition coefficient (Wildman–Crippen LogP) is 3.08. The van der Waals surface area contributed by atoms with Crippen LogP contribution in [0.3, 0.4) is 0 Å². The lowest BCUT2D eigenvalue weighted by Crippen LogP contribution is -2.02. The number of benzene rings is 1. The molecule has 0 aliphatic heterocycles. The largest absolute Gasteiger partial charge is 0.328 e. The SMILES string of the molecule is O=c1ccc(-c2ccc(Br)c(F)c2F)c[nH]1. The van der Waals surface area contributed by atoms with Crippen LogP contribution in [0.15, 0.2) is 39.7 Å². The zero-order chi connectivity index (χ0) is 11.7. The molecule has 2 rings (SSSR count). The summed E-state index contributed by atoms with van der Waals surface area (Å²) in [7, 11) is 0. The monoisotopic (exact) mass is 285 g/mol. The van der Waals surface area contributed by atoms with Gasteiger partial charge in [-0.1, -0.05) is 6.07 Å².